The molecule has 0 saturated heterocycles. The van der Waals surface area contributed by atoms with E-state index < -0.39 is 5.97 Å². The Kier molecular flexibility index (Phi) is 4.52. The number of aliphatic carboxylic acids is 1. The predicted molar refractivity (Wildman–Crippen MR) is 94.0 cm³/mol. The average molecular weight is 319 g/mol. The van der Waals surface area contributed by atoms with E-state index in [1.165, 1.54) is 5.57 Å². The van der Waals surface area contributed by atoms with Crippen molar-refractivity contribution in [2.24, 2.45) is 0 Å². The van der Waals surface area contributed by atoms with Gasteiger partial charge < -0.3 is 10.2 Å². The quantitative estimate of drug-likeness (QED) is 0.821. The molecule has 3 rings (SSSR count). The minimum atomic E-state index is -0.778. The lowest BCUT2D eigenvalue weighted by Crippen LogP contribution is -2.04. The van der Waals surface area contributed by atoms with Gasteiger partial charge in [-0.1, -0.05) is 54.6 Å². The molecule has 0 aromatic heterocycles. The fourth-order valence-corrected chi connectivity index (χ4v) is 3.30. The summed E-state index contributed by atoms with van der Waals surface area (Å²) in [5.41, 5.74) is 5.11. The molecule has 1 unspecified atom stereocenters. The molecule has 0 radical (unpaired) electrons. The van der Waals surface area contributed by atoms with Gasteiger partial charge in [-0.05, 0) is 40.7 Å². The van der Waals surface area contributed by atoms with E-state index in [4.69, 9.17) is 5.11 Å². The number of hydrogen-bond donors (Lipinski definition) is 1. The van der Waals surface area contributed by atoms with Crippen LogP contribution in [0.4, 0.5) is 0 Å². The Morgan fingerprint density at radius 1 is 1.17 bits per heavy atom. The first kappa shape index (κ1) is 16.1. The van der Waals surface area contributed by atoms with Gasteiger partial charge >= 0.3 is 5.97 Å². The van der Waals surface area contributed by atoms with Crippen LogP contribution in [0, 0.1) is 0 Å². The van der Waals surface area contributed by atoms with Gasteiger partial charge in [-0.25, -0.2) is 0 Å². The molecular formula is C21H19O3-. The molecule has 2 aromatic rings. The van der Waals surface area contributed by atoms with Crippen molar-refractivity contribution in [2.45, 2.75) is 25.2 Å². The smallest absolute Gasteiger partial charge is 0.303 e. The number of carboxylic acid groups (broad SMARTS) is 1. The van der Waals surface area contributed by atoms with Crippen LogP contribution in [0.1, 0.15) is 47.4 Å². The Morgan fingerprint density at radius 2 is 1.92 bits per heavy atom. The Labute approximate surface area is 141 Å². The summed E-state index contributed by atoms with van der Waals surface area (Å²) in [4.78, 5) is 10.8. The van der Waals surface area contributed by atoms with Gasteiger partial charge in [-0.3, -0.25) is 4.79 Å². The fraction of sp³-hybridized carbons (Fsp3) is 0.190. The van der Waals surface area contributed by atoms with Crippen molar-refractivity contribution in [3.8, 4) is 0 Å². The zero-order valence-electron chi connectivity index (χ0n) is 13.4. The summed E-state index contributed by atoms with van der Waals surface area (Å²) in [6.07, 6.45) is 3.65. The van der Waals surface area contributed by atoms with Crippen LogP contribution >= 0.6 is 0 Å². The number of benzene rings is 2. The second kappa shape index (κ2) is 6.75. The topological polar surface area (TPSA) is 60.4 Å². The second-order valence-electron chi connectivity index (χ2n) is 6.07. The molecule has 0 spiro atoms. The SMILES string of the molecule is C=C([O-])c1ccc2c(c1)C(CCCC(=O)O)C(c1ccccc1)=C2. The maximum atomic E-state index is 11.6. The van der Waals surface area contributed by atoms with Crippen LogP contribution in [0.15, 0.2) is 55.1 Å². The van der Waals surface area contributed by atoms with Crippen molar-refractivity contribution in [1.29, 1.82) is 0 Å². The van der Waals surface area contributed by atoms with Crippen molar-refractivity contribution in [2.75, 3.05) is 0 Å². The molecule has 24 heavy (non-hydrogen) atoms. The van der Waals surface area contributed by atoms with E-state index in [9.17, 15) is 9.90 Å². The van der Waals surface area contributed by atoms with E-state index in [2.05, 4.69) is 24.8 Å². The Bertz CT molecular complexity index is 803. The van der Waals surface area contributed by atoms with E-state index in [0.717, 1.165) is 23.1 Å². The van der Waals surface area contributed by atoms with Crippen LogP contribution in [-0.2, 0) is 4.79 Å². The minimum Gasteiger partial charge on any atom is -0.872 e. The maximum Gasteiger partial charge on any atom is 0.303 e. The molecule has 3 nitrogen and oxygen atoms in total. The van der Waals surface area contributed by atoms with E-state index in [1.54, 1.807) is 6.07 Å². The van der Waals surface area contributed by atoms with Crippen LogP contribution in [0.5, 0.6) is 0 Å². The molecule has 0 amide bonds. The van der Waals surface area contributed by atoms with Gasteiger partial charge in [0, 0.05) is 12.3 Å². The molecule has 0 fully saturated rings. The van der Waals surface area contributed by atoms with E-state index in [-0.39, 0.29) is 18.1 Å². The predicted octanol–water partition coefficient (Wildman–Crippen LogP) is 3.91. The van der Waals surface area contributed by atoms with Crippen molar-refractivity contribution in [3.05, 3.63) is 77.4 Å². The largest absolute Gasteiger partial charge is 0.872 e. The third-order valence-corrected chi connectivity index (χ3v) is 4.46. The Balaban J connectivity index is 1.96. The third-order valence-electron chi connectivity index (χ3n) is 4.46. The van der Waals surface area contributed by atoms with Crippen molar-refractivity contribution >= 4 is 23.4 Å². The molecule has 0 aliphatic heterocycles. The molecule has 0 heterocycles. The summed E-state index contributed by atoms with van der Waals surface area (Å²) < 4.78 is 0. The summed E-state index contributed by atoms with van der Waals surface area (Å²) >= 11 is 0. The van der Waals surface area contributed by atoms with Gasteiger partial charge in [0.2, 0.25) is 0 Å². The molecular weight excluding hydrogens is 300 g/mol. The summed E-state index contributed by atoms with van der Waals surface area (Å²) in [5.74, 6) is -0.864. The lowest BCUT2D eigenvalue weighted by atomic mass is 9.86. The van der Waals surface area contributed by atoms with Gasteiger partial charge in [0.05, 0.1) is 0 Å². The van der Waals surface area contributed by atoms with Gasteiger partial charge in [0.25, 0.3) is 0 Å². The number of fused-ring (bicyclic) bond motifs is 1. The minimum absolute atomic E-state index is 0.112. The zero-order valence-corrected chi connectivity index (χ0v) is 13.4. The molecule has 2 aromatic carbocycles. The Hall–Kier alpha value is -2.81. The van der Waals surface area contributed by atoms with Crippen LogP contribution in [0.25, 0.3) is 17.4 Å². The highest BCUT2D eigenvalue weighted by Crippen LogP contribution is 2.45. The molecule has 1 aliphatic rings. The number of hydrogen-bond acceptors (Lipinski definition) is 2. The standard InChI is InChI=1S/C21H20O3/c1-14(22)16-10-11-17-13-19(15-6-3-2-4-7-15)18(20(17)12-16)8-5-9-21(23)24/h2-4,6-7,10-13,18,22H,1,5,8-9H2,(H,23,24)/p-1. The normalized spacial score (nSPS) is 15.7. The van der Waals surface area contributed by atoms with Gasteiger partial charge in [0.15, 0.2) is 0 Å². The summed E-state index contributed by atoms with van der Waals surface area (Å²) in [5, 5.41) is 20.5. The number of allylic oxidation sites excluding steroid dienone is 1. The average Bonchev–Trinajstić information content (AvgIpc) is 2.93. The highest BCUT2D eigenvalue weighted by atomic mass is 16.4. The maximum absolute atomic E-state index is 11.6. The zero-order chi connectivity index (χ0) is 17.1. The van der Waals surface area contributed by atoms with Crippen LogP contribution in [0.2, 0.25) is 0 Å². The first-order valence-electron chi connectivity index (χ1n) is 8.05. The first-order chi connectivity index (χ1) is 11.6. The molecule has 0 bridgehead atoms. The van der Waals surface area contributed by atoms with Crippen molar-refractivity contribution < 1.29 is 15.0 Å². The van der Waals surface area contributed by atoms with Crippen LogP contribution in [-0.4, -0.2) is 11.1 Å². The van der Waals surface area contributed by atoms with Crippen LogP contribution in [0.3, 0.4) is 0 Å². The molecule has 1 aliphatic carbocycles. The fourth-order valence-electron chi connectivity index (χ4n) is 3.30. The van der Waals surface area contributed by atoms with Gasteiger partial charge in [0.1, 0.15) is 0 Å². The van der Waals surface area contributed by atoms with Crippen LogP contribution < -0.4 is 5.11 Å². The van der Waals surface area contributed by atoms with Gasteiger partial charge in [-0.15, -0.1) is 12.3 Å². The van der Waals surface area contributed by atoms with Crippen molar-refractivity contribution in [3.63, 3.8) is 0 Å². The summed E-state index contributed by atoms with van der Waals surface area (Å²) in [6.45, 7) is 3.49. The molecule has 0 saturated carbocycles. The van der Waals surface area contributed by atoms with E-state index in [1.807, 2.05) is 30.3 Å². The first-order valence-corrected chi connectivity index (χ1v) is 8.05. The number of rotatable bonds is 6. The second-order valence-corrected chi connectivity index (χ2v) is 6.07. The number of carboxylic acids is 1. The highest BCUT2D eigenvalue weighted by molar-refractivity contribution is 5.92. The Morgan fingerprint density at radius 3 is 2.58 bits per heavy atom. The molecule has 1 atom stereocenters. The monoisotopic (exact) mass is 319 g/mol. The van der Waals surface area contributed by atoms with Gasteiger partial charge in [-0.2, -0.15) is 0 Å². The molecule has 122 valence electrons. The molecule has 3 heteroatoms. The number of carbonyl (C=O) groups is 1. The highest BCUT2D eigenvalue weighted by Gasteiger charge is 2.26. The lowest BCUT2D eigenvalue weighted by molar-refractivity contribution is -0.243. The van der Waals surface area contributed by atoms with E-state index in [0.29, 0.717) is 12.0 Å². The summed E-state index contributed by atoms with van der Waals surface area (Å²) in [6, 6.07) is 15.8. The van der Waals surface area contributed by atoms with Crippen molar-refractivity contribution in [1.82, 2.24) is 0 Å². The van der Waals surface area contributed by atoms with E-state index >= 15 is 0 Å². The summed E-state index contributed by atoms with van der Waals surface area (Å²) in [7, 11) is 0. The molecule has 1 N–H and O–H groups in total. The lowest BCUT2D eigenvalue weighted by Gasteiger charge is -2.19. The third kappa shape index (κ3) is 3.25.